The summed E-state index contributed by atoms with van der Waals surface area (Å²) in [4.78, 5) is 14.3. The van der Waals surface area contributed by atoms with Gasteiger partial charge in [0.05, 0.1) is 10.6 Å². The second-order valence-electron chi connectivity index (χ2n) is 5.29. The molecule has 1 rings (SSSR count). The molecule has 0 aromatic heterocycles. The molecule has 0 unspecified atom stereocenters. The van der Waals surface area contributed by atoms with Crippen molar-refractivity contribution in [3.05, 3.63) is 33.3 Å². The molecule has 1 amide bonds. The van der Waals surface area contributed by atoms with Crippen LogP contribution < -0.4 is 5.73 Å². The van der Waals surface area contributed by atoms with Crippen molar-refractivity contribution in [2.75, 3.05) is 19.6 Å². The van der Waals surface area contributed by atoms with E-state index in [9.17, 15) is 4.79 Å². The Labute approximate surface area is 128 Å². The minimum atomic E-state index is -0.107. The van der Waals surface area contributed by atoms with E-state index in [-0.39, 0.29) is 11.3 Å². The van der Waals surface area contributed by atoms with Crippen LogP contribution in [-0.4, -0.2) is 30.4 Å². The lowest BCUT2D eigenvalue weighted by molar-refractivity contribution is 0.0701. The zero-order chi connectivity index (χ0) is 14.6. The highest BCUT2D eigenvalue weighted by Crippen LogP contribution is 2.27. The number of nitrogens with two attached hydrogens (primary N) is 1. The highest BCUT2D eigenvalue weighted by Gasteiger charge is 2.25. The van der Waals surface area contributed by atoms with Crippen LogP contribution in [0.15, 0.2) is 22.7 Å². The number of amides is 1. The second kappa shape index (κ2) is 6.73. The lowest BCUT2D eigenvalue weighted by Crippen LogP contribution is -2.42. The molecule has 0 saturated carbocycles. The van der Waals surface area contributed by atoms with Crippen LogP contribution in [0.3, 0.4) is 0 Å². The Morgan fingerprint density at radius 2 is 2.11 bits per heavy atom. The Hall–Kier alpha value is -0.580. The first-order valence-corrected chi connectivity index (χ1v) is 7.43. The summed E-state index contributed by atoms with van der Waals surface area (Å²) >= 11 is 9.51. The summed E-state index contributed by atoms with van der Waals surface area (Å²) in [6, 6.07) is 5.37. The third kappa shape index (κ3) is 4.20. The topological polar surface area (TPSA) is 46.3 Å². The lowest BCUT2D eigenvalue weighted by atomic mass is 9.93. The third-order valence-electron chi connectivity index (χ3n) is 3.02. The average molecular weight is 348 g/mol. The van der Waals surface area contributed by atoms with Gasteiger partial charge < -0.3 is 10.6 Å². The molecule has 0 heterocycles. The Morgan fingerprint density at radius 3 is 2.63 bits per heavy atom. The number of hydrogen-bond donors (Lipinski definition) is 1. The molecule has 2 N–H and O–H groups in total. The van der Waals surface area contributed by atoms with Crippen molar-refractivity contribution in [1.82, 2.24) is 4.90 Å². The van der Waals surface area contributed by atoms with Gasteiger partial charge in [-0.25, -0.2) is 0 Å². The maximum absolute atomic E-state index is 12.5. The Morgan fingerprint density at radius 1 is 1.47 bits per heavy atom. The predicted octanol–water partition coefficient (Wildman–Crippen LogP) is 3.55. The summed E-state index contributed by atoms with van der Waals surface area (Å²) in [5.41, 5.74) is 6.14. The second-order valence-corrected chi connectivity index (χ2v) is 6.52. The van der Waals surface area contributed by atoms with Crippen LogP contribution in [0, 0.1) is 5.41 Å². The van der Waals surface area contributed by atoms with Gasteiger partial charge in [-0.1, -0.05) is 31.5 Å². The van der Waals surface area contributed by atoms with Gasteiger partial charge in [-0.2, -0.15) is 0 Å². The Kier molecular flexibility index (Phi) is 5.83. The van der Waals surface area contributed by atoms with Crippen LogP contribution in [-0.2, 0) is 0 Å². The molecule has 3 nitrogen and oxygen atoms in total. The largest absolute Gasteiger partial charge is 0.338 e. The number of carbonyl (C=O) groups is 1. The van der Waals surface area contributed by atoms with Gasteiger partial charge in [0.25, 0.3) is 5.91 Å². The molecule has 0 atom stereocenters. The number of benzene rings is 1. The fourth-order valence-corrected chi connectivity index (χ4v) is 2.32. The fraction of sp³-hybridized carbons (Fsp3) is 0.500. The van der Waals surface area contributed by atoms with E-state index in [2.05, 4.69) is 15.9 Å². The zero-order valence-corrected chi connectivity index (χ0v) is 13.9. The molecule has 0 fully saturated rings. The lowest BCUT2D eigenvalue weighted by Gasteiger charge is -2.31. The van der Waals surface area contributed by atoms with Crippen molar-refractivity contribution >= 4 is 33.4 Å². The first-order chi connectivity index (χ1) is 8.82. The molecule has 5 heteroatoms. The molecule has 19 heavy (non-hydrogen) atoms. The molecule has 0 bridgehead atoms. The van der Waals surface area contributed by atoms with Gasteiger partial charge in [0.1, 0.15) is 0 Å². The molecule has 0 aliphatic heterocycles. The van der Waals surface area contributed by atoms with Gasteiger partial charge in [-0.15, -0.1) is 0 Å². The zero-order valence-electron chi connectivity index (χ0n) is 11.5. The monoisotopic (exact) mass is 346 g/mol. The SMILES string of the molecule is CCN(CC(C)(C)CN)C(=O)c1cccc(Br)c1Cl. The van der Waals surface area contributed by atoms with Crippen molar-refractivity contribution in [3.8, 4) is 0 Å². The Balaban J connectivity index is 2.99. The summed E-state index contributed by atoms with van der Waals surface area (Å²) in [6.45, 7) is 7.82. The van der Waals surface area contributed by atoms with Gasteiger partial charge in [-0.3, -0.25) is 4.79 Å². The van der Waals surface area contributed by atoms with Crippen molar-refractivity contribution in [2.45, 2.75) is 20.8 Å². The van der Waals surface area contributed by atoms with E-state index in [1.54, 1.807) is 11.0 Å². The third-order valence-corrected chi connectivity index (χ3v) is 4.32. The van der Waals surface area contributed by atoms with Crippen molar-refractivity contribution in [2.24, 2.45) is 11.1 Å². The minimum Gasteiger partial charge on any atom is -0.338 e. The van der Waals surface area contributed by atoms with Gasteiger partial charge in [0.15, 0.2) is 0 Å². The quantitative estimate of drug-likeness (QED) is 0.885. The van der Waals surface area contributed by atoms with Crippen molar-refractivity contribution in [3.63, 3.8) is 0 Å². The van der Waals surface area contributed by atoms with E-state index in [1.165, 1.54) is 0 Å². The number of carbonyl (C=O) groups excluding carboxylic acids is 1. The number of halogens is 2. The molecule has 0 spiro atoms. The van der Waals surface area contributed by atoms with E-state index in [0.717, 1.165) is 4.47 Å². The van der Waals surface area contributed by atoms with Crippen LogP contribution >= 0.6 is 27.5 Å². The van der Waals surface area contributed by atoms with Crippen LogP contribution in [0.4, 0.5) is 0 Å². The maximum atomic E-state index is 12.5. The maximum Gasteiger partial charge on any atom is 0.255 e. The molecule has 0 saturated heterocycles. The van der Waals surface area contributed by atoms with Gasteiger partial charge in [0, 0.05) is 17.6 Å². The van der Waals surface area contributed by atoms with Gasteiger partial charge in [-0.05, 0) is 46.9 Å². The van der Waals surface area contributed by atoms with E-state index in [1.807, 2.05) is 32.9 Å². The summed E-state index contributed by atoms with van der Waals surface area (Å²) in [5, 5.41) is 0.455. The van der Waals surface area contributed by atoms with Gasteiger partial charge in [0.2, 0.25) is 0 Å². The molecule has 1 aromatic rings. The van der Waals surface area contributed by atoms with Crippen molar-refractivity contribution in [1.29, 1.82) is 0 Å². The standard InChI is InChI=1S/C14H20BrClN2O/c1-4-18(9-14(2,3)8-17)13(19)10-6-5-7-11(15)12(10)16/h5-7H,4,8-9,17H2,1-3H3. The number of nitrogens with zero attached hydrogens (tertiary/aromatic N) is 1. The minimum absolute atomic E-state index is 0.0599. The predicted molar refractivity (Wildman–Crippen MR) is 83.6 cm³/mol. The van der Waals surface area contributed by atoms with Crippen LogP contribution in [0.2, 0.25) is 5.02 Å². The summed E-state index contributed by atoms with van der Waals surface area (Å²) in [6.07, 6.45) is 0. The summed E-state index contributed by atoms with van der Waals surface area (Å²) in [7, 11) is 0. The van der Waals surface area contributed by atoms with E-state index < -0.39 is 0 Å². The highest BCUT2D eigenvalue weighted by atomic mass is 79.9. The average Bonchev–Trinajstić information content (AvgIpc) is 2.38. The summed E-state index contributed by atoms with van der Waals surface area (Å²) < 4.78 is 0.731. The van der Waals surface area contributed by atoms with Gasteiger partial charge >= 0.3 is 0 Å². The summed E-state index contributed by atoms with van der Waals surface area (Å²) in [5.74, 6) is -0.0599. The van der Waals surface area contributed by atoms with E-state index >= 15 is 0 Å². The Bertz CT molecular complexity index is 463. The molecule has 0 aliphatic rings. The molecular formula is C14H20BrClN2O. The smallest absolute Gasteiger partial charge is 0.255 e. The number of hydrogen-bond acceptors (Lipinski definition) is 2. The van der Waals surface area contributed by atoms with E-state index in [4.69, 9.17) is 17.3 Å². The molecule has 1 aromatic carbocycles. The normalized spacial score (nSPS) is 11.5. The molecule has 0 aliphatic carbocycles. The van der Waals surface area contributed by atoms with Crippen molar-refractivity contribution < 1.29 is 4.79 Å². The van der Waals surface area contributed by atoms with Crippen LogP contribution in [0.1, 0.15) is 31.1 Å². The van der Waals surface area contributed by atoms with E-state index in [0.29, 0.717) is 30.2 Å². The number of rotatable bonds is 5. The van der Waals surface area contributed by atoms with Crippen LogP contribution in [0.5, 0.6) is 0 Å². The highest BCUT2D eigenvalue weighted by molar-refractivity contribution is 9.10. The molecular weight excluding hydrogens is 328 g/mol. The molecule has 106 valence electrons. The first-order valence-electron chi connectivity index (χ1n) is 6.25. The first kappa shape index (κ1) is 16.5. The fourth-order valence-electron chi connectivity index (χ4n) is 1.75. The molecule has 0 radical (unpaired) electrons. The van der Waals surface area contributed by atoms with Crippen LogP contribution in [0.25, 0.3) is 0 Å².